The SMILES string of the molecule is CCC(C)NC(=O)c1ccnc(OC2CCSC2)c1. The number of hydrogen-bond donors (Lipinski definition) is 1. The zero-order valence-electron chi connectivity index (χ0n) is 11.4. The number of carbonyl (C=O) groups is 1. The standard InChI is InChI=1S/C14H20N2O2S/c1-3-10(2)16-14(17)11-4-6-15-13(8-11)18-12-5-7-19-9-12/h4,6,8,10,12H,3,5,7,9H2,1-2H3,(H,16,17). The molecule has 2 atom stereocenters. The maximum Gasteiger partial charge on any atom is 0.251 e. The first-order chi connectivity index (χ1) is 9.19. The molecule has 104 valence electrons. The van der Waals surface area contributed by atoms with E-state index in [1.165, 1.54) is 0 Å². The largest absolute Gasteiger partial charge is 0.473 e. The van der Waals surface area contributed by atoms with E-state index in [1.54, 1.807) is 18.3 Å². The topological polar surface area (TPSA) is 51.2 Å². The Bertz CT molecular complexity index is 433. The van der Waals surface area contributed by atoms with E-state index in [0.717, 1.165) is 24.3 Å². The molecular formula is C14H20N2O2S. The Balaban J connectivity index is 1.99. The van der Waals surface area contributed by atoms with Crippen LogP contribution in [-0.2, 0) is 0 Å². The lowest BCUT2D eigenvalue weighted by Crippen LogP contribution is -2.32. The van der Waals surface area contributed by atoms with E-state index in [2.05, 4.69) is 10.3 Å². The van der Waals surface area contributed by atoms with Crippen LogP contribution in [0.25, 0.3) is 0 Å². The van der Waals surface area contributed by atoms with Gasteiger partial charge in [-0.1, -0.05) is 6.92 Å². The number of hydrogen-bond acceptors (Lipinski definition) is 4. The third-order valence-electron chi connectivity index (χ3n) is 3.16. The van der Waals surface area contributed by atoms with Gasteiger partial charge in [0.2, 0.25) is 5.88 Å². The lowest BCUT2D eigenvalue weighted by Gasteiger charge is -2.13. The van der Waals surface area contributed by atoms with Crippen LogP contribution in [0.5, 0.6) is 5.88 Å². The van der Waals surface area contributed by atoms with Crippen molar-refractivity contribution in [2.75, 3.05) is 11.5 Å². The molecule has 5 heteroatoms. The molecular weight excluding hydrogens is 260 g/mol. The van der Waals surface area contributed by atoms with E-state index in [-0.39, 0.29) is 18.1 Å². The minimum absolute atomic E-state index is 0.0672. The quantitative estimate of drug-likeness (QED) is 0.900. The third-order valence-corrected chi connectivity index (χ3v) is 4.29. The predicted molar refractivity (Wildman–Crippen MR) is 77.8 cm³/mol. The molecule has 0 spiro atoms. The molecule has 0 aliphatic carbocycles. The van der Waals surface area contributed by atoms with Crippen molar-refractivity contribution >= 4 is 17.7 Å². The molecule has 1 saturated heterocycles. The molecule has 2 heterocycles. The van der Waals surface area contributed by atoms with Gasteiger partial charge in [-0.2, -0.15) is 11.8 Å². The molecule has 0 radical (unpaired) electrons. The summed E-state index contributed by atoms with van der Waals surface area (Å²) >= 11 is 1.89. The first-order valence-corrected chi connectivity index (χ1v) is 7.86. The van der Waals surface area contributed by atoms with Crippen LogP contribution in [0.3, 0.4) is 0 Å². The Morgan fingerprint density at radius 1 is 1.68 bits per heavy atom. The molecule has 1 aliphatic rings. The summed E-state index contributed by atoms with van der Waals surface area (Å²) in [6, 6.07) is 3.62. The summed E-state index contributed by atoms with van der Waals surface area (Å²) < 4.78 is 5.79. The highest BCUT2D eigenvalue weighted by molar-refractivity contribution is 7.99. The molecule has 0 bridgehead atoms. The summed E-state index contributed by atoms with van der Waals surface area (Å²) in [6.07, 6.45) is 3.82. The second-order valence-corrected chi connectivity index (χ2v) is 5.92. The monoisotopic (exact) mass is 280 g/mol. The number of thioether (sulfide) groups is 1. The van der Waals surface area contributed by atoms with Gasteiger partial charge in [0.15, 0.2) is 0 Å². The van der Waals surface area contributed by atoms with Crippen molar-refractivity contribution in [1.29, 1.82) is 0 Å². The average Bonchev–Trinajstić information content (AvgIpc) is 2.91. The van der Waals surface area contributed by atoms with Crippen LogP contribution in [0.1, 0.15) is 37.0 Å². The Morgan fingerprint density at radius 3 is 3.21 bits per heavy atom. The summed E-state index contributed by atoms with van der Waals surface area (Å²) in [5.74, 6) is 2.62. The lowest BCUT2D eigenvalue weighted by molar-refractivity contribution is 0.0938. The molecule has 1 aromatic heterocycles. The van der Waals surface area contributed by atoms with Gasteiger partial charge in [-0.3, -0.25) is 4.79 Å². The highest BCUT2D eigenvalue weighted by Crippen LogP contribution is 2.22. The van der Waals surface area contributed by atoms with E-state index < -0.39 is 0 Å². The van der Waals surface area contributed by atoms with Crippen LogP contribution < -0.4 is 10.1 Å². The number of rotatable bonds is 5. The molecule has 1 fully saturated rings. The van der Waals surface area contributed by atoms with Crippen molar-refractivity contribution in [3.05, 3.63) is 23.9 Å². The Kier molecular flexibility index (Phi) is 5.07. The summed E-state index contributed by atoms with van der Waals surface area (Å²) in [7, 11) is 0. The van der Waals surface area contributed by atoms with Gasteiger partial charge in [0.1, 0.15) is 6.10 Å². The van der Waals surface area contributed by atoms with Gasteiger partial charge in [-0.15, -0.1) is 0 Å². The van der Waals surface area contributed by atoms with Gasteiger partial charge >= 0.3 is 0 Å². The minimum atomic E-state index is -0.0672. The molecule has 4 nitrogen and oxygen atoms in total. The fourth-order valence-corrected chi connectivity index (χ4v) is 2.89. The number of amides is 1. The van der Waals surface area contributed by atoms with Crippen LogP contribution in [0.2, 0.25) is 0 Å². The molecule has 1 aliphatic heterocycles. The van der Waals surface area contributed by atoms with E-state index in [1.807, 2.05) is 25.6 Å². The number of aromatic nitrogens is 1. The number of pyridine rings is 1. The van der Waals surface area contributed by atoms with Gasteiger partial charge in [-0.05, 0) is 31.6 Å². The zero-order valence-corrected chi connectivity index (χ0v) is 12.2. The Morgan fingerprint density at radius 2 is 2.53 bits per heavy atom. The average molecular weight is 280 g/mol. The molecule has 0 aromatic carbocycles. The molecule has 19 heavy (non-hydrogen) atoms. The first-order valence-electron chi connectivity index (χ1n) is 6.70. The Hall–Kier alpha value is -1.23. The van der Waals surface area contributed by atoms with E-state index in [0.29, 0.717) is 11.4 Å². The maximum atomic E-state index is 12.0. The predicted octanol–water partition coefficient (Wildman–Crippen LogP) is 2.49. The van der Waals surface area contributed by atoms with Crippen molar-refractivity contribution in [1.82, 2.24) is 10.3 Å². The van der Waals surface area contributed by atoms with E-state index in [9.17, 15) is 4.79 Å². The van der Waals surface area contributed by atoms with Crippen molar-refractivity contribution < 1.29 is 9.53 Å². The number of nitrogens with one attached hydrogen (secondary N) is 1. The second kappa shape index (κ2) is 6.80. The zero-order chi connectivity index (χ0) is 13.7. The number of ether oxygens (including phenoxy) is 1. The molecule has 1 N–H and O–H groups in total. The summed E-state index contributed by atoms with van der Waals surface area (Å²) in [5.41, 5.74) is 0.607. The maximum absolute atomic E-state index is 12.0. The highest BCUT2D eigenvalue weighted by atomic mass is 32.2. The smallest absolute Gasteiger partial charge is 0.251 e. The molecule has 2 unspecified atom stereocenters. The van der Waals surface area contributed by atoms with E-state index >= 15 is 0 Å². The highest BCUT2D eigenvalue weighted by Gasteiger charge is 2.18. The van der Waals surface area contributed by atoms with Gasteiger partial charge in [0.05, 0.1) is 0 Å². The van der Waals surface area contributed by atoms with Crippen LogP contribution >= 0.6 is 11.8 Å². The number of carbonyl (C=O) groups excluding carboxylic acids is 1. The summed E-state index contributed by atoms with van der Waals surface area (Å²) in [4.78, 5) is 16.2. The van der Waals surface area contributed by atoms with Crippen molar-refractivity contribution in [2.24, 2.45) is 0 Å². The van der Waals surface area contributed by atoms with Gasteiger partial charge in [0.25, 0.3) is 5.91 Å². The van der Waals surface area contributed by atoms with Crippen LogP contribution in [0.15, 0.2) is 18.3 Å². The summed E-state index contributed by atoms with van der Waals surface area (Å²) in [5, 5.41) is 2.94. The van der Waals surface area contributed by atoms with Crippen LogP contribution in [0, 0.1) is 0 Å². The Labute approximate surface area is 118 Å². The van der Waals surface area contributed by atoms with Crippen molar-refractivity contribution in [2.45, 2.75) is 38.8 Å². The van der Waals surface area contributed by atoms with Gasteiger partial charge in [-0.25, -0.2) is 4.98 Å². The normalized spacial score (nSPS) is 20.0. The fraction of sp³-hybridized carbons (Fsp3) is 0.571. The van der Waals surface area contributed by atoms with Crippen molar-refractivity contribution in [3.63, 3.8) is 0 Å². The third kappa shape index (κ3) is 4.13. The molecule has 0 saturated carbocycles. The molecule has 2 rings (SSSR count). The van der Waals surface area contributed by atoms with Crippen LogP contribution in [0.4, 0.5) is 0 Å². The molecule has 1 amide bonds. The lowest BCUT2D eigenvalue weighted by atomic mass is 10.2. The van der Waals surface area contributed by atoms with Crippen molar-refractivity contribution in [3.8, 4) is 5.88 Å². The fourth-order valence-electron chi connectivity index (χ4n) is 1.80. The second-order valence-electron chi connectivity index (χ2n) is 4.77. The summed E-state index contributed by atoms with van der Waals surface area (Å²) in [6.45, 7) is 4.04. The van der Waals surface area contributed by atoms with Gasteiger partial charge in [0, 0.05) is 29.6 Å². The molecule has 1 aromatic rings. The van der Waals surface area contributed by atoms with E-state index in [4.69, 9.17) is 4.74 Å². The minimum Gasteiger partial charge on any atom is -0.473 e. The van der Waals surface area contributed by atoms with Gasteiger partial charge < -0.3 is 10.1 Å². The van der Waals surface area contributed by atoms with Crippen LogP contribution in [-0.4, -0.2) is 34.5 Å². The first kappa shape index (κ1) is 14.2. The number of nitrogens with zero attached hydrogens (tertiary/aromatic N) is 1.